The number of carbonyl (C=O) groups excluding carboxylic acids is 2. The second-order valence-corrected chi connectivity index (χ2v) is 9.81. The smallest absolute Gasteiger partial charge is 0.262 e. The summed E-state index contributed by atoms with van der Waals surface area (Å²) in [5, 5.41) is 3.36. The van der Waals surface area contributed by atoms with Crippen molar-refractivity contribution in [1.29, 1.82) is 0 Å². The van der Waals surface area contributed by atoms with E-state index in [9.17, 15) is 9.59 Å². The molecule has 0 aromatic heterocycles. The number of nitrogens with zero attached hydrogens (tertiary/aromatic N) is 2. The molecule has 3 rings (SSSR count). The Labute approximate surface area is 196 Å². The van der Waals surface area contributed by atoms with Crippen molar-refractivity contribution >= 4 is 50.7 Å². The Kier molecular flexibility index (Phi) is 7.49. The number of hydrogen-bond acceptors (Lipinski definition) is 4. The number of rotatable bonds is 5. The van der Waals surface area contributed by atoms with Crippen molar-refractivity contribution in [3.8, 4) is 5.75 Å². The summed E-state index contributed by atoms with van der Waals surface area (Å²) in [5.41, 5.74) is 1.13. The molecule has 0 aliphatic carbocycles. The van der Waals surface area contributed by atoms with Crippen molar-refractivity contribution in [2.75, 3.05) is 43.0 Å². The lowest BCUT2D eigenvalue weighted by Crippen LogP contribution is -2.51. The zero-order chi connectivity index (χ0) is 22.6. The summed E-state index contributed by atoms with van der Waals surface area (Å²) in [4.78, 5) is 28.7. The van der Waals surface area contributed by atoms with Crippen molar-refractivity contribution in [3.63, 3.8) is 0 Å². The molecule has 0 unspecified atom stereocenters. The maximum Gasteiger partial charge on any atom is 0.262 e. The van der Waals surface area contributed by atoms with Gasteiger partial charge < -0.3 is 19.9 Å². The van der Waals surface area contributed by atoms with E-state index in [-0.39, 0.29) is 23.8 Å². The monoisotopic (exact) mass is 507 g/mol. The molecule has 1 N–H and O–H groups in total. The van der Waals surface area contributed by atoms with Gasteiger partial charge in [0.25, 0.3) is 5.91 Å². The molecule has 166 valence electrons. The van der Waals surface area contributed by atoms with Gasteiger partial charge in [-0.3, -0.25) is 9.59 Å². The molecule has 2 amide bonds. The Morgan fingerprint density at radius 3 is 2.29 bits per heavy atom. The lowest BCUT2D eigenvalue weighted by Gasteiger charge is -2.39. The van der Waals surface area contributed by atoms with Crippen LogP contribution in [0.3, 0.4) is 0 Å². The van der Waals surface area contributed by atoms with Gasteiger partial charge in [0.2, 0.25) is 5.91 Å². The maximum absolute atomic E-state index is 12.5. The van der Waals surface area contributed by atoms with E-state index in [1.54, 1.807) is 18.2 Å². The zero-order valence-electron chi connectivity index (χ0n) is 18.0. The number of piperazine rings is 1. The van der Waals surface area contributed by atoms with Crippen molar-refractivity contribution in [2.45, 2.75) is 20.8 Å². The molecule has 1 fully saturated rings. The van der Waals surface area contributed by atoms with Crippen LogP contribution in [0, 0.1) is 5.41 Å². The summed E-state index contributed by atoms with van der Waals surface area (Å²) in [6, 6.07) is 12.7. The lowest BCUT2D eigenvalue weighted by atomic mass is 9.94. The number of nitrogens with one attached hydrogen (secondary N) is 1. The first-order chi connectivity index (χ1) is 14.6. The minimum Gasteiger partial charge on any atom is -0.484 e. The molecule has 8 heteroatoms. The van der Waals surface area contributed by atoms with Gasteiger partial charge in [0, 0.05) is 41.8 Å². The van der Waals surface area contributed by atoms with Gasteiger partial charge in [-0.1, -0.05) is 48.3 Å². The van der Waals surface area contributed by atoms with E-state index in [1.807, 2.05) is 49.9 Å². The van der Waals surface area contributed by atoms with Crippen LogP contribution < -0.4 is 15.0 Å². The van der Waals surface area contributed by atoms with Gasteiger partial charge in [-0.2, -0.15) is 0 Å². The molecule has 2 aromatic carbocycles. The van der Waals surface area contributed by atoms with Crippen LogP contribution in [0.1, 0.15) is 20.8 Å². The highest BCUT2D eigenvalue weighted by Crippen LogP contribution is 2.30. The third-order valence-corrected chi connectivity index (χ3v) is 5.80. The predicted molar refractivity (Wildman–Crippen MR) is 128 cm³/mol. The van der Waals surface area contributed by atoms with Crippen molar-refractivity contribution < 1.29 is 14.3 Å². The van der Waals surface area contributed by atoms with E-state index >= 15 is 0 Å². The summed E-state index contributed by atoms with van der Waals surface area (Å²) >= 11 is 9.86. The summed E-state index contributed by atoms with van der Waals surface area (Å²) in [6.07, 6.45) is 0. The molecule has 0 saturated carbocycles. The third kappa shape index (κ3) is 6.37. The summed E-state index contributed by atoms with van der Waals surface area (Å²) in [7, 11) is 0. The first-order valence-corrected chi connectivity index (χ1v) is 11.3. The number of amides is 2. The fraction of sp³-hybridized carbons (Fsp3) is 0.391. The van der Waals surface area contributed by atoms with Crippen LogP contribution >= 0.6 is 27.5 Å². The lowest BCUT2D eigenvalue weighted by molar-refractivity contribution is -0.139. The molecular weight excluding hydrogens is 482 g/mol. The fourth-order valence-electron chi connectivity index (χ4n) is 3.34. The Hall–Kier alpha value is -2.25. The number of hydrogen-bond donors (Lipinski definition) is 1. The molecular formula is C23H27BrClN3O3. The van der Waals surface area contributed by atoms with E-state index in [1.165, 1.54) is 0 Å². The molecule has 2 aromatic rings. The molecule has 1 aliphatic rings. The SMILES string of the molecule is CC(C)(C)C(=O)N1CCN(c2ccc(NC(=O)COc3ccc(Br)cc3)cc2Cl)CC1. The van der Waals surface area contributed by atoms with Gasteiger partial charge in [0.05, 0.1) is 10.7 Å². The first-order valence-electron chi connectivity index (χ1n) is 10.2. The van der Waals surface area contributed by atoms with Gasteiger partial charge in [0.1, 0.15) is 5.75 Å². The average molecular weight is 509 g/mol. The van der Waals surface area contributed by atoms with E-state index in [0.29, 0.717) is 42.6 Å². The van der Waals surface area contributed by atoms with Crippen molar-refractivity contribution in [1.82, 2.24) is 4.90 Å². The molecule has 1 saturated heterocycles. The topological polar surface area (TPSA) is 61.9 Å². The quantitative estimate of drug-likeness (QED) is 0.629. The van der Waals surface area contributed by atoms with Gasteiger partial charge >= 0.3 is 0 Å². The van der Waals surface area contributed by atoms with Gasteiger partial charge in [-0.05, 0) is 42.5 Å². The second kappa shape index (κ2) is 9.92. The number of anilines is 2. The third-order valence-electron chi connectivity index (χ3n) is 4.96. The molecule has 1 heterocycles. The Morgan fingerprint density at radius 2 is 1.71 bits per heavy atom. The number of halogens is 2. The van der Waals surface area contributed by atoms with Crippen LogP contribution in [0.25, 0.3) is 0 Å². The minimum atomic E-state index is -0.374. The van der Waals surface area contributed by atoms with E-state index in [4.69, 9.17) is 16.3 Å². The Bertz CT molecular complexity index is 936. The van der Waals surface area contributed by atoms with Gasteiger partial charge in [-0.15, -0.1) is 0 Å². The number of carbonyl (C=O) groups is 2. The highest BCUT2D eigenvalue weighted by Gasteiger charge is 2.30. The van der Waals surface area contributed by atoms with Crippen LogP contribution in [0.4, 0.5) is 11.4 Å². The number of benzene rings is 2. The van der Waals surface area contributed by atoms with Crippen LogP contribution in [0.2, 0.25) is 5.02 Å². The fourth-order valence-corrected chi connectivity index (χ4v) is 3.91. The normalized spacial score (nSPS) is 14.4. The number of ether oxygens (including phenoxy) is 1. The molecule has 31 heavy (non-hydrogen) atoms. The highest BCUT2D eigenvalue weighted by molar-refractivity contribution is 9.10. The van der Waals surface area contributed by atoms with Crippen LogP contribution in [-0.2, 0) is 9.59 Å². The van der Waals surface area contributed by atoms with Crippen LogP contribution in [0.5, 0.6) is 5.75 Å². The average Bonchev–Trinajstić information content (AvgIpc) is 2.72. The standard InChI is InChI=1S/C23H27BrClN3O3/c1-23(2,3)22(30)28-12-10-27(11-13-28)20-9-6-17(14-19(20)25)26-21(29)15-31-18-7-4-16(24)5-8-18/h4-9,14H,10-13,15H2,1-3H3,(H,26,29). The molecule has 0 atom stereocenters. The largest absolute Gasteiger partial charge is 0.484 e. The van der Waals surface area contributed by atoms with Gasteiger partial charge in [-0.25, -0.2) is 0 Å². The molecule has 0 bridgehead atoms. The van der Waals surface area contributed by atoms with E-state index in [0.717, 1.165) is 10.2 Å². The molecule has 0 spiro atoms. The minimum absolute atomic E-state index is 0.0925. The highest BCUT2D eigenvalue weighted by atomic mass is 79.9. The van der Waals surface area contributed by atoms with Crippen LogP contribution in [0.15, 0.2) is 46.9 Å². The van der Waals surface area contributed by atoms with E-state index < -0.39 is 0 Å². The maximum atomic E-state index is 12.5. The Balaban J connectivity index is 1.53. The zero-order valence-corrected chi connectivity index (χ0v) is 20.3. The summed E-state index contributed by atoms with van der Waals surface area (Å²) in [5.74, 6) is 0.526. The molecule has 1 aliphatic heterocycles. The van der Waals surface area contributed by atoms with Crippen molar-refractivity contribution in [3.05, 3.63) is 52.0 Å². The summed E-state index contributed by atoms with van der Waals surface area (Å²) in [6.45, 7) is 8.49. The molecule has 6 nitrogen and oxygen atoms in total. The second-order valence-electron chi connectivity index (χ2n) is 8.49. The van der Waals surface area contributed by atoms with Gasteiger partial charge in [0.15, 0.2) is 6.61 Å². The summed E-state index contributed by atoms with van der Waals surface area (Å²) < 4.78 is 6.44. The van der Waals surface area contributed by atoms with Crippen LogP contribution in [-0.4, -0.2) is 49.5 Å². The predicted octanol–water partition coefficient (Wildman–Crippen LogP) is 4.81. The molecule has 0 radical (unpaired) electrons. The Morgan fingerprint density at radius 1 is 1.06 bits per heavy atom. The first kappa shape index (κ1) is 23.4. The van der Waals surface area contributed by atoms with E-state index in [2.05, 4.69) is 26.1 Å². The van der Waals surface area contributed by atoms with Crippen molar-refractivity contribution in [2.24, 2.45) is 5.41 Å².